The molecule has 1 unspecified atom stereocenters. The van der Waals surface area contributed by atoms with Gasteiger partial charge in [0.05, 0.1) is 6.04 Å². The average molecular weight is 264 g/mol. The summed E-state index contributed by atoms with van der Waals surface area (Å²) in [4.78, 5) is 26.9. The molecule has 0 aliphatic rings. The van der Waals surface area contributed by atoms with E-state index in [2.05, 4.69) is 15.6 Å². The number of rotatable bonds is 7. The molecule has 1 heterocycles. The van der Waals surface area contributed by atoms with Crippen molar-refractivity contribution in [3.8, 4) is 0 Å². The molecule has 1 rings (SSSR count). The number of carbonyl (C=O) groups is 2. The summed E-state index contributed by atoms with van der Waals surface area (Å²) < 4.78 is 0. The largest absolute Gasteiger partial charge is 0.354 e. The predicted molar refractivity (Wildman–Crippen MR) is 73.4 cm³/mol. The summed E-state index contributed by atoms with van der Waals surface area (Å²) in [6.45, 7) is 2.25. The fourth-order valence-electron chi connectivity index (χ4n) is 1.53. The number of hydrogen-bond donors (Lipinski definition) is 3. The molecule has 19 heavy (non-hydrogen) atoms. The number of aromatic nitrogens is 1. The maximum absolute atomic E-state index is 11.6. The van der Waals surface area contributed by atoms with E-state index in [1.807, 2.05) is 6.92 Å². The molecular weight excluding hydrogens is 244 g/mol. The van der Waals surface area contributed by atoms with Crippen LogP contribution in [-0.4, -0.2) is 29.4 Å². The van der Waals surface area contributed by atoms with Gasteiger partial charge >= 0.3 is 0 Å². The predicted octanol–water partition coefficient (Wildman–Crippen LogP) is 0.654. The lowest BCUT2D eigenvalue weighted by Gasteiger charge is -2.11. The molecule has 0 fully saturated rings. The molecule has 6 nitrogen and oxygen atoms in total. The molecule has 2 amide bonds. The van der Waals surface area contributed by atoms with Gasteiger partial charge in [-0.2, -0.15) is 0 Å². The number of nitrogens with two attached hydrogens (primary N) is 1. The van der Waals surface area contributed by atoms with Gasteiger partial charge in [0.2, 0.25) is 11.8 Å². The van der Waals surface area contributed by atoms with Crippen LogP contribution in [0.3, 0.4) is 0 Å². The molecule has 1 aromatic heterocycles. The monoisotopic (exact) mass is 264 g/mol. The van der Waals surface area contributed by atoms with Crippen molar-refractivity contribution in [1.82, 2.24) is 10.3 Å². The minimum atomic E-state index is -0.492. The quantitative estimate of drug-likeness (QED) is 0.673. The Morgan fingerprint density at radius 1 is 1.37 bits per heavy atom. The highest BCUT2D eigenvalue weighted by atomic mass is 16.2. The van der Waals surface area contributed by atoms with Crippen LogP contribution in [0.15, 0.2) is 24.5 Å². The normalized spacial score (nSPS) is 11.7. The first-order valence-corrected chi connectivity index (χ1v) is 6.36. The first-order chi connectivity index (χ1) is 9.13. The Balaban J connectivity index is 2.22. The molecule has 4 N–H and O–H groups in total. The van der Waals surface area contributed by atoms with Gasteiger partial charge in [0, 0.05) is 31.0 Å². The van der Waals surface area contributed by atoms with Gasteiger partial charge in [0.1, 0.15) is 0 Å². The number of amides is 2. The number of nitrogens with zero attached hydrogens (tertiary/aromatic N) is 1. The Morgan fingerprint density at radius 3 is 2.68 bits per heavy atom. The maximum atomic E-state index is 11.6. The zero-order valence-electron chi connectivity index (χ0n) is 11.1. The summed E-state index contributed by atoms with van der Waals surface area (Å²) >= 11 is 0. The van der Waals surface area contributed by atoms with Crippen LogP contribution in [-0.2, 0) is 9.59 Å². The van der Waals surface area contributed by atoms with Gasteiger partial charge in [0.25, 0.3) is 0 Å². The Hall–Kier alpha value is -1.95. The standard InChI is InChI=1S/C13H20N4O2/c1-2-3-11(14)13(19)16-9-6-12(18)17-10-4-7-15-8-5-10/h4-5,7-8,11H,2-3,6,9,14H2,1H3,(H,16,19)(H,15,17,18). The number of pyridine rings is 1. The van der Waals surface area contributed by atoms with Crippen LogP contribution in [0.25, 0.3) is 0 Å². The molecule has 1 aromatic rings. The van der Waals surface area contributed by atoms with E-state index in [0.717, 1.165) is 6.42 Å². The SMILES string of the molecule is CCCC(N)C(=O)NCCC(=O)Nc1ccncc1. The Bertz CT molecular complexity index is 408. The maximum Gasteiger partial charge on any atom is 0.236 e. The molecule has 0 aliphatic heterocycles. The number of nitrogens with one attached hydrogen (secondary N) is 2. The first kappa shape index (κ1) is 15.1. The second-order valence-electron chi connectivity index (χ2n) is 4.22. The Labute approximate surface area is 112 Å². The summed E-state index contributed by atoms with van der Waals surface area (Å²) in [7, 11) is 0. The van der Waals surface area contributed by atoms with Crippen LogP contribution in [0.4, 0.5) is 5.69 Å². The molecule has 104 valence electrons. The second-order valence-corrected chi connectivity index (χ2v) is 4.22. The molecular formula is C13H20N4O2. The highest BCUT2D eigenvalue weighted by molar-refractivity contribution is 5.91. The van der Waals surface area contributed by atoms with E-state index in [1.54, 1.807) is 24.5 Å². The van der Waals surface area contributed by atoms with E-state index in [1.165, 1.54) is 0 Å². The second kappa shape index (κ2) is 8.20. The van der Waals surface area contributed by atoms with Crippen molar-refractivity contribution in [2.45, 2.75) is 32.2 Å². The van der Waals surface area contributed by atoms with Gasteiger partial charge in [-0.1, -0.05) is 13.3 Å². The molecule has 0 saturated carbocycles. The zero-order chi connectivity index (χ0) is 14.1. The van der Waals surface area contributed by atoms with Crippen molar-refractivity contribution < 1.29 is 9.59 Å². The first-order valence-electron chi connectivity index (χ1n) is 6.36. The summed E-state index contributed by atoms with van der Waals surface area (Å²) in [6.07, 6.45) is 4.92. The van der Waals surface area contributed by atoms with Crippen LogP contribution < -0.4 is 16.4 Å². The van der Waals surface area contributed by atoms with E-state index < -0.39 is 6.04 Å². The summed E-state index contributed by atoms with van der Waals surface area (Å²) in [5, 5.41) is 5.36. The van der Waals surface area contributed by atoms with Gasteiger partial charge < -0.3 is 16.4 Å². The highest BCUT2D eigenvalue weighted by Gasteiger charge is 2.11. The lowest BCUT2D eigenvalue weighted by atomic mass is 10.1. The molecule has 1 atom stereocenters. The van der Waals surface area contributed by atoms with Crippen molar-refractivity contribution in [1.29, 1.82) is 0 Å². The van der Waals surface area contributed by atoms with Crippen molar-refractivity contribution in [3.05, 3.63) is 24.5 Å². The van der Waals surface area contributed by atoms with Crippen LogP contribution >= 0.6 is 0 Å². The number of anilines is 1. The van der Waals surface area contributed by atoms with E-state index >= 15 is 0 Å². The summed E-state index contributed by atoms with van der Waals surface area (Å²) in [6, 6.07) is 2.91. The molecule has 0 radical (unpaired) electrons. The molecule has 0 spiro atoms. The number of hydrogen-bond acceptors (Lipinski definition) is 4. The molecule has 0 aromatic carbocycles. The van der Waals surface area contributed by atoms with E-state index in [9.17, 15) is 9.59 Å². The van der Waals surface area contributed by atoms with Crippen molar-refractivity contribution in [2.75, 3.05) is 11.9 Å². The highest BCUT2D eigenvalue weighted by Crippen LogP contribution is 2.03. The van der Waals surface area contributed by atoms with E-state index in [4.69, 9.17) is 5.73 Å². The van der Waals surface area contributed by atoms with Crippen LogP contribution in [0.2, 0.25) is 0 Å². The molecule has 0 saturated heterocycles. The van der Waals surface area contributed by atoms with Gasteiger partial charge in [-0.25, -0.2) is 0 Å². The van der Waals surface area contributed by atoms with E-state index in [-0.39, 0.29) is 24.8 Å². The topological polar surface area (TPSA) is 97.1 Å². The van der Waals surface area contributed by atoms with Gasteiger partial charge in [-0.15, -0.1) is 0 Å². The Kier molecular flexibility index (Phi) is 6.52. The third-order valence-corrected chi connectivity index (χ3v) is 2.55. The van der Waals surface area contributed by atoms with Crippen molar-refractivity contribution >= 4 is 17.5 Å². The fourth-order valence-corrected chi connectivity index (χ4v) is 1.53. The third kappa shape index (κ3) is 5.96. The van der Waals surface area contributed by atoms with Gasteiger partial charge in [-0.05, 0) is 18.6 Å². The van der Waals surface area contributed by atoms with Crippen LogP contribution in [0, 0.1) is 0 Å². The van der Waals surface area contributed by atoms with Crippen LogP contribution in [0.1, 0.15) is 26.2 Å². The smallest absolute Gasteiger partial charge is 0.236 e. The number of carbonyl (C=O) groups excluding carboxylic acids is 2. The molecule has 6 heteroatoms. The molecule has 0 bridgehead atoms. The minimum absolute atomic E-state index is 0.157. The van der Waals surface area contributed by atoms with Crippen LogP contribution in [0.5, 0.6) is 0 Å². The zero-order valence-corrected chi connectivity index (χ0v) is 11.1. The summed E-state index contributed by atoms with van der Waals surface area (Å²) in [5.41, 5.74) is 6.34. The minimum Gasteiger partial charge on any atom is -0.354 e. The fraction of sp³-hybridized carbons (Fsp3) is 0.462. The van der Waals surface area contributed by atoms with Crippen molar-refractivity contribution in [3.63, 3.8) is 0 Å². The lowest BCUT2D eigenvalue weighted by molar-refractivity contribution is -0.122. The average Bonchev–Trinajstić information content (AvgIpc) is 2.40. The molecule has 0 aliphatic carbocycles. The van der Waals surface area contributed by atoms with E-state index in [0.29, 0.717) is 12.1 Å². The van der Waals surface area contributed by atoms with Crippen molar-refractivity contribution in [2.24, 2.45) is 5.73 Å². The van der Waals surface area contributed by atoms with Gasteiger partial charge in [0.15, 0.2) is 0 Å². The lowest BCUT2D eigenvalue weighted by Crippen LogP contribution is -2.41. The van der Waals surface area contributed by atoms with Gasteiger partial charge in [-0.3, -0.25) is 14.6 Å². The Morgan fingerprint density at radius 2 is 2.05 bits per heavy atom. The third-order valence-electron chi connectivity index (χ3n) is 2.55. The summed E-state index contributed by atoms with van der Waals surface area (Å²) in [5.74, 6) is -0.367.